The molecular weight excluding hydrogens is 417 g/mol. The summed E-state index contributed by atoms with van der Waals surface area (Å²) in [6, 6.07) is 0.405. The molecule has 0 spiro atoms. The standard InChI is InChI=1S/C18H28N4O2.C2HF3O2/c1-13(2)22-8-14(6-19-22)7-20-10-16-15(12-24-17(16)11-20)9-21-5-3-4-18(21)23;3-2(4,5)1(6)7/h6,8,13,15-17H,3-5,7,9-12H2,1-2H3;(H,6,7)/t15-,16-,17-;/m1./s1. The van der Waals surface area contributed by atoms with Gasteiger partial charge in [-0.1, -0.05) is 0 Å². The lowest BCUT2D eigenvalue weighted by molar-refractivity contribution is -0.192. The molecule has 3 aliphatic rings. The molecule has 0 aromatic carbocycles. The molecule has 3 aliphatic heterocycles. The number of nitrogens with zero attached hydrogens (tertiary/aromatic N) is 4. The predicted octanol–water partition coefficient (Wildman–Crippen LogP) is 2.17. The molecule has 0 aliphatic carbocycles. The van der Waals surface area contributed by atoms with Crippen LogP contribution in [0.3, 0.4) is 0 Å². The highest BCUT2D eigenvalue weighted by molar-refractivity contribution is 5.78. The molecule has 174 valence electrons. The molecule has 11 heteroatoms. The number of hydrogen-bond acceptors (Lipinski definition) is 5. The fraction of sp³-hybridized carbons (Fsp3) is 0.750. The average molecular weight is 446 g/mol. The highest BCUT2D eigenvalue weighted by Crippen LogP contribution is 2.35. The number of rotatable bonds is 5. The number of alkyl halides is 3. The van der Waals surface area contributed by atoms with Gasteiger partial charge >= 0.3 is 12.1 Å². The Morgan fingerprint density at radius 2 is 2.06 bits per heavy atom. The minimum Gasteiger partial charge on any atom is -0.475 e. The van der Waals surface area contributed by atoms with Gasteiger partial charge < -0.3 is 14.7 Å². The Balaban J connectivity index is 0.000000339. The van der Waals surface area contributed by atoms with Gasteiger partial charge in [-0.3, -0.25) is 14.4 Å². The second-order valence-corrected chi connectivity index (χ2v) is 8.66. The predicted molar refractivity (Wildman–Crippen MR) is 104 cm³/mol. The quantitative estimate of drug-likeness (QED) is 0.746. The zero-order valence-corrected chi connectivity index (χ0v) is 17.7. The summed E-state index contributed by atoms with van der Waals surface area (Å²) in [7, 11) is 0. The van der Waals surface area contributed by atoms with E-state index in [2.05, 4.69) is 30.0 Å². The monoisotopic (exact) mass is 446 g/mol. The Hall–Kier alpha value is -2.14. The lowest BCUT2D eigenvalue weighted by Gasteiger charge is -2.24. The molecule has 3 fully saturated rings. The van der Waals surface area contributed by atoms with Gasteiger partial charge in [0.05, 0.1) is 18.9 Å². The van der Waals surface area contributed by atoms with Crippen LogP contribution in [0, 0.1) is 11.8 Å². The summed E-state index contributed by atoms with van der Waals surface area (Å²) in [6.07, 6.45) is 1.14. The summed E-state index contributed by atoms with van der Waals surface area (Å²) < 4.78 is 39.8. The maximum atomic E-state index is 11.9. The minimum absolute atomic E-state index is 0.328. The number of fused-ring (bicyclic) bond motifs is 1. The highest BCUT2D eigenvalue weighted by atomic mass is 19.4. The molecular formula is C20H29F3N4O4. The topological polar surface area (TPSA) is 87.9 Å². The molecule has 0 unspecified atom stereocenters. The van der Waals surface area contributed by atoms with Crippen molar-refractivity contribution in [2.45, 2.75) is 51.6 Å². The number of hydrogen-bond donors (Lipinski definition) is 1. The number of carbonyl (C=O) groups excluding carboxylic acids is 1. The van der Waals surface area contributed by atoms with Crippen molar-refractivity contribution in [3.05, 3.63) is 18.0 Å². The lowest BCUT2D eigenvalue weighted by Crippen LogP contribution is -2.35. The first-order chi connectivity index (χ1) is 14.5. The van der Waals surface area contributed by atoms with Crippen LogP contribution < -0.4 is 0 Å². The second kappa shape index (κ2) is 9.56. The summed E-state index contributed by atoms with van der Waals surface area (Å²) in [4.78, 5) is 25.3. The summed E-state index contributed by atoms with van der Waals surface area (Å²) in [5.74, 6) is -1.36. The van der Waals surface area contributed by atoms with E-state index in [1.807, 2.05) is 15.8 Å². The van der Waals surface area contributed by atoms with Crippen LogP contribution in [0.4, 0.5) is 13.2 Å². The number of ether oxygens (including phenoxy) is 1. The second-order valence-electron chi connectivity index (χ2n) is 8.66. The molecule has 8 nitrogen and oxygen atoms in total. The van der Waals surface area contributed by atoms with Crippen LogP contribution in [0.2, 0.25) is 0 Å². The normalized spacial score (nSPS) is 26.3. The van der Waals surface area contributed by atoms with Crippen molar-refractivity contribution in [3.8, 4) is 0 Å². The van der Waals surface area contributed by atoms with Gasteiger partial charge in [-0.2, -0.15) is 18.3 Å². The van der Waals surface area contributed by atoms with E-state index in [-0.39, 0.29) is 0 Å². The van der Waals surface area contributed by atoms with Crippen LogP contribution >= 0.6 is 0 Å². The number of carbonyl (C=O) groups is 2. The van der Waals surface area contributed by atoms with Gasteiger partial charge in [0.1, 0.15) is 0 Å². The number of halogens is 3. The van der Waals surface area contributed by atoms with Crippen LogP contribution in [0.25, 0.3) is 0 Å². The van der Waals surface area contributed by atoms with Crippen LogP contribution in [-0.4, -0.2) is 81.6 Å². The van der Waals surface area contributed by atoms with Gasteiger partial charge in [0.25, 0.3) is 0 Å². The van der Waals surface area contributed by atoms with Gasteiger partial charge in [-0.15, -0.1) is 0 Å². The van der Waals surface area contributed by atoms with Crippen molar-refractivity contribution in [3.63, 3.8) is 0 Å². The van der Waals surface area contributed by atoms with E-state index >= 15 is 0 Å². The summed E-state index contributed by atoms with van der Waals surface area (Å²) >= 11 is 0. The molecule has 4 heterocycles. The third-order valence-corrected chi connectivity index (χ3v) is 5.97. The van der Waals surface area contributed by atoms with Crippen molar-refractivity contribution in [2.75, 3.05) is 32.8 Å². The van der Waals surface area contributed by atoms with Crippen molar-refractivity contribution in [1.29, 1.82) is 0 Å². The molecule has 1 N–H and O–H groups in total. The van der Waals surface area contributed by atoms with E-state index in [4.69, 9.17) is 14.6 Å². The van der Waals surface area contributed by atoms with E-state index in [1.165, 1.54) is 5.56 Å². The number of likely N-dealkylation sites (tertiary alicyclic amines) is 2. The third kappa shape index (κ3) is 5.97. The SMILES string of the molecule is CC(C)n1cc(CN2C[C@@H]3[C@H](CN4CCCC4=O)CO[C@@H]3C2)cn1.O=C(O)C(F)(F)F. The zero-order valence-electron chi connectivity index (χ0n) is 17.7. The van der Waals surface area contributed by atoms with Crippen molar-refractivity contribution in [2.24, 2.45) is 11.8 Å². The van der Waals surface area contributed by atoms with Crippen molar-refractivity contribution >= 4 is 11.9 Å². The Bertz CT molecular complexity index is 783. The van der Waals surface area contributed by atoms with Gasteiger partial charge in [0, 0.05) is 68.8 Å². The number of aromatic nitrogens is 2. The molecule has 3 atom stereocenters. The van der Waals surface area contributed by atoms with Gasteiger partial charge in [-0.05, 0) is 20.3 Å². The van der Waals surface area contributed by atoms with Crippen molar-refractivity contribution < 1.29 is 32.6 Å². The van der Waals surface area contributed by atoms with Gasteiger partial charge in [0.15, 0.2) is 0 Å². The summed E-state index contributed by atoms with van der Waals surface area (Å²) in [5.41, 5.74) is 1.27. The Labute approximate surface area is 178 Å². The molecule has 1 amide bonds. The van der Waals surface area contributed by atoms with E-state index in [9.17, 15) is 18.0 Å². The molecule has 1 aromatic rings. The molecule has 3 saturated heterocycles. The molecule has 0 radical (unpaired) electrons. The largest absolute Gasteiger partial charge is 0.490 e. The molecule has 31 heavy (non-hydrogen) atoms. The Morgan fingerprint density at radius 1 is 1.35 bits per heavy atom. The van der Waals surface area contributed by atoms with Gasteiger partial charge in [-0.25, -0.2) is 4.79 Å². The highest BCUT2D eigenvalue weighted by Gasteiger charge is 2.44. The zero-order chi connectivity index (χ0) is 22.8. The maximum Gasteiger partial charge on any atom is 0.490 e. The fourth-order valence-electron chi connectivity index (χ4n) is 4.38. The fourth-order valence-corrected chi connectivity index (χ4v) is 4.38. The first-order valence-electron chi connectivity index (χ1n) is 10.5. The van der Waals surface area contributed by atoms with Crippen molar-refractivity contribution in [1.82, 2.24) is 19.6 Å². The Kier molecular flexibility index (Phi) is 7.25. The van der Waals surface area contributed by atoms with Crippen LogP contribution in [0.1, 0.15) is 38.3 Å². The Morgan fingerprint density at radius 3 is 2.61 bits per heavy atom. The maximum absolute atomic E-state index is 11.9. The first-order valence-corrected chi connectivity index (χ1v) is 10.5. The molecule has 0 saturated carbocycles. The minimum atomic E-state index is -5.08. The smallest absolute Gasteiger partial charge is 0.475 e. The van der Waals surface area contributed by atoms with E-state index in [1.54, 1.807) is 0 Å². The van der Waals surface area contributed by atoms with Crippen LogP contribution in [0.5, 0.6) is 0 Å². The number of aliphatic carboxylic acids is 1. The number of carboxylic acid groups (broad SMARTS) is 1. The van der Waals surface area contributed by atoms with Crippen LogP contribution in [-0.2, 0) is 20.9 Å². The number of amides is 1. The van der Waals surface area contributed by atoms with E-state index < -0.39 is 12.1 Å². The van der Waals surface area contributed by atoms with Gasteiger partial charge in [0.2, 0.25) is 5.91 Å². The van der Waals surface area contributed by atoms with E-state index in [0.717, 1.165) is 52.2 Å². The van der Waals surface area contributed by atoms with Crippen LogP contribution in [0.15, 0.2) is 12.4 Å². The summed E-state index contributed by atoms with van der Waals surface area (Å²) in [6.45, 7) is 9.96. The number of carboxylic acids is 1. The summed E-state index contributed by atoms with van der Waals surface area (Å²) in [5, 5.41) is 11.6. The molecule has 1 aromatic heterocycles. The third-order valence-electron chi connectivity index (χ3n) is 5.97. The molecule has 4 rings (SSSR count). The first kappa shape index (κ1) is 23.5. The lowest BCUT2D eigenvalue weighted by atomic mass is 9.93. The molecule has 0 bridgehead atoms. The average Bonchev–Trinajstić information content (AvgIpc) is 3.43. The van der Waals surface area contributed by atoms with E-state index in [0.29, 0.717) is 29.9 Å².